The molecule has 0 aromatic carbocycles. The van der Waals surface area contributed by atoms with Gasteiger partial charge in [0, 0.05) is 13.0 Å². The molecule has 0 heterocycles. The maximum atomic E-state index is 11.3. The molecule has 1 aliphatic carbocycles. The van der Waals surface area contributed by atoms with Crippen molar-refractivity contribution >= 4 is 5.91 Å². The molecule has 0 radical (unpaired) electrons. The van der Waals surface area contributed by atoms with Crippen molar-refractivity contribution in [1.29, 1.82) is 0 Å². The third kappa shape index (κ3) is 2.50. The normalized spacial score (nSPS) is 30.8. The summed E-state index contributed by atoms with van der Waals surface area (Å²) in [5.41, 5.74) is 0. The number of rotatable bonds is 1. The summed E-state index contributed by atoms with van der Waals surface area (Å²) in [6.45, 7) is 2.28. The van der Waals surface area contributed by atoms with Gasteiger partial charge in [-0.3, -0.25) is 4.79 Å². The fourth-order valence-electron chi connectivity index (χ4n) is 1.95. The van der Waals surface area contributed by atoms with E-state index in [4.69, 9.17) is 0 Å². The highest BCUT2D eigenvalue weighted by Gasteiger charge is 2.20. The van der Waals surface area contributed by atoms with Gasteiger partial charge in [0.2, 0.25) is 5.91 Å². The Bertz CT molecular complexity index is 156. The lowest BCUT2D eigenvalue weighted by Gasteiger charge is -2.11. The number of hydrogen-bond donors (Lipinski definition) is 1. The second-order valence-corrected chi connectivity index (χ2v) is 3.92. The van der Waals surface area contributed by atoms with E-state index in [2.05, 4.69) is 12.2 Å². The van der Waals surface area contributed by atoms with Crippen LogP contribution in [-0.4, -0.2) is 13.0 Å². The van der Waals surface area contributed by atoms with E-state index in [1.165, 1.54) is 19.3 Å². The number of carbonyl (C=O) groups excluding carboxylic acids is 1. The van der Waals surface area contributed by atoms with Gasteiger partial charge in [-0.25, -0.2) is 0 Å². The van der Waals surface area contributed by atoms with Gasteiger partial charge in [0.1, 0.15) is 0 Å². The largest absolute Gasteiger partial charge is 0.359 e. The highest BCUT2D eigenvalue weighted by Crippen LogP contribution is 2.26. The Morgan fingerprint density at radius 3 is 2.67 bits per heavy atom. The molecule has 0 aromatic rings. The van der Waals surface area contributed by atoms with Gasteiger partial charge in [-0.2, -0.15) is 0 Å². The highest BCUT2D eigenvalue weighted by atomic mass is 16.1. The zero-order valence-corrected chi connectivity index (χ0v) is 8.10. The van der Waals surface area contributed by atoms with E-state index in [0.29, 0.717) is 5.92 Å². The molecule has 1 saturated carbocycles. The summed E-state index contributed by atoms with van der Waals surface area (Å²) in [5, 5.41) is 2.74. The second-order valence-electron chi connectivity index (χ2n) is 3.92. The Balaban J connectivity index is 2.40. The molecular weight excluding hydrogens is 150 g/mol. The van der Waals surface area contributed by atoms with Crippen LogP contribution in [0.1, 0.15) is 39.0 Å². The summed E-state index contributed by atoms with van der Waals surface area (Å²) in [6.07, 6.45) is 5.91. The lowest BCUT2D eigenvalue weighted by molar-refractivity contribution is -0.124. The SMILES string of the molecule is CNC(=O)[C@@H]1CCCC(C)CC1. The maximum Gasteiger partial charge on any atom is 0.222 e. The van der Waals surface area contributed by atoms with Crippen molar-refractivity contribution in [3.63, 3.8) is 0 Å². The first kappa shape index (κ1) is 9.56. The number of nitrogens with one attached hydrogen (secondary N) is 1. The van der Waals surface area contributed by atoms with Crippen LogP contribution in [0.3, 0.4) is 0 Å². The molecule has 0 bridgehead atoms. The van der Waals surface area contributed by atoms with Gasteiger partial charge in [-0.1, -0.05) is 19.8 Å². The summed E-state index contributed by atoms with van der Waals surface area (Å²) in [6, 6.07) is 0. The standard InChI is InChI=1S/C10H19NO/c1-8-4-3-5-9(7-6-8)10(12)11-2/h8-9H,3-7H2,1-2H3,(H,11,12)/t8?,9-/m1/s1. The van der Waals surface area contributed by atoms with E-state index in [1.54, 1.807) is 7.05 Å². The van der Waals surface area contributed by atoms with Crippen LogP contribution in [0.2, 0.25) is 0 Å². The monoisotopic (exact) mass is 169 g/mol. The molecule has 1 unspecified atom stereocenters. The predicted molar refractivity (Wildman–Crippen MR) is 49.8 cm³/mol. The van der Waals surface area contributed by atoms with Gasteiger partial charge in [-0.05, 0) is 25.2 Å². The van der Waals surface area contributed by atoms with Crippen molar-refractivity contribution in [2.75, 3.05) is 7.05 Å². The zero-order chi connectivity index (χ0) is 8.97. The molecule has 0 spiro atoms. The van der Waals surface area contributed by atoms with Crippen molar-refractivity contribution < 1.29 is 4.79 Å². The van der Waals surface area contributed by atoms with Crippen LogP contribution >= 0.6 is 0 Å². The van der Waals surface area contributed by atoms with Gasteiger partial charge in [0.05, 0.1) is 0 Å². The molecule has 2 nitrogen and oxygen atoms in total. The molecule has 0 aromatic heterocycles. The van der Waals surface area contributed by atoms with Crippen LogP contribution in [0, 0.1) is 11.8 Å². The summed E-state index contributed by atoms with van der Waals surface area (Å²) in [4.78, 5) is 11.3. The van der Waals surface area contributed by atoms with Crippen molar-refractivity contribution in [2.45, 2.75) is 39.0 Å². The molecule has 0 saturated heterocycles. The van der Waals surface area contributed by atoms with Crippen LogP contribution < -0.4 is 5.32 Å². The molecule has 1 rings (SSSR count). The maximum absolute atomic E-state index is 11.3. The van der Waals surface area contributed by atoms with Gasteiger partial charge in [0.25, 0.3) is 0 Å². The lowest BCUT2D eigenvalue weighted by Crippen LogP contribution is -2.26. The average Bonchev–Trinajstić information content (AvgIpc) is 2.29. The lowest BCUT2D eigenvalue weighted by atomic mass is 9.98. The smallest absolute Gasteiger partial charge is 0.222 e. The molecule has 12 heavy (non-hydrogen) atoms. The Morgan fingerprint density at radius 1 is 1.25 bits per heavy atom. The quantitative estimate of drug-likeness (QED) is 0.597. The van der Waals surface area contributed by atoms with Gasteiger partial charge >= 0.3 is 0 Å². The van der Waals surface area contributed by atoms with Crippen LogP contribution in [0.5, 0.6) is 0 Å². The molecular formula is C10H19NO. The minimum absolute atomic E-state index is 0.240. The third-order valence-corrected chi connectivity index (χ3v) is 2.87. The van der Waals surface area contributed by atoms with E-state index in [-0.39, 0.29) is 5.91 Å². The molecule has 1 N–H and O–H groups in total. The molecule has 70 valence electrons. The van der Waals surface area contributed by atoms with Crippen molar-refractivity contribution in [2.24, 2.45) is 11.8 Å². The fraction of sp³-hybridized carbons (Fsp3) is 0.900. The Hall–Kier alpha value is -0.530. The number of hydrogen-bond acceptors (Lipinski definition) is 1. The van der Waals surface area contributed by atoms with Crippen LogP contribution in [0.4, 0.5) is 0 Å². The van der Waals surface area contributed by atoms with Crippen LogP contribution in [0.25, 0.3) is 0 Å². The van der Waals surface area contributed by atoms with E-state index in [1.807, 2.05) is 0 Å². The number of amides is 1. The Morgan fingerprint density at radius 2 is 2.00 bits per heavy atom. The average molecular weight is 169 g/mol. The molecule has 1 amide bonds. The van der Waals surface area contributed by atoms with Gasteiger partial charge < -0.3 is 5.32 Å². The summed E-state index contributed by atoms with van der Waals surface area (Å²) < 4.78 is 0. The van der Waals surface area contributed by atoms with E-state index in [0.717, 1.165) is 18.8 Å². The van der Waals surface area contributed by atoms with Crippen molar-refractivity contribution in [3.8, 4) is 0 Å². The fourth-order valence-corrected chi connectivity index (χ4v) is 1.95. The van der Waals surface area contributed by atoms with Crippen molar-refractivity contribution in [3.05, 3.63) is 0 Å². The topological polar surface area (TPSA) is 29.1 Å². The molecule has 0 aliphatic heterocycles. The summed E-state index contributed by atoms with van der Waals surface area (Å²) >= 11 is 0. The minimum Gasteiger partial charge on any atom is -0.359 e. The Labute approximate surface area is 74.7 Å². The third-order valence-electron chi connectivity index (χ3n) is 2.87. The van der Waals surface area contributed by atoms with Crippen molar-refractivity contribution in [1.82, 2.24) is 5.32 Å². The Kier molecular flexibility index (Phi) is 3.57. The second kappa shape index (κ2) is 4.48. The predicted octanol–water partition coefficient (Wildman–Crippen LogP) is 1.95. The first-order valence-electron chi connectivity index (χ1n) is 4.95. The summed E-state index contributed by atoms with van der Waals surface area (Å²) in [5.74, 6) is 1.35. The molecule has 1 aliphatic rings. The van der Waals surface area contributed by atoms with E-state index < -0.39 is 0 Å². The van der Waals surface area contributed by atoms with Crippen LogP contribution in [0.15, 0.2) is 0 Å². The summed E-state index contributed by atoms with van der Waals surface area (Å²) in [7, 11) is 1.73. The minimum atomic E-state index is 0.240. The first-order valence-corrected chi connectivity index (χ1v) is 4.95. The first-order chi connectivity index (χ1) is 5.74. The molecule has 2 heteroatoms. The van der Waals surface area contributed by atoms with E-state index >= 15 is 0 Å². The molecule has 1 fully saturated rings. The molecule has 2 atom stereocenters. The van der Waals surface area contributed by atoms with E-state index in [9.17, 15) is 4.79 Å². The highest BCUT2D eigenvalue weighted by molar-refractivity contribution is 5.78. The number of carbonyl (C=O) groups is 1. The van der Waals surface area contributed by atoms with Gasteiger partial charge in [-0.15, -0.1) is 0 Å². The van der Waals surface area contributed by atoms with Gasteiger partial charge in [0.15, 0.2) is 0 Å². The van der Waals surface area contributed by atoms with Crippen LogP contribution in [-0.2, 0) is 4.79 Å². The zero-order valence-electron chi connectivity index (χ0n) is 8.10.